The van der Waals surface area contributed by atoms with Crippen LogP contribution in [0.4, 0.5) is 0 Å². The number of primary amides is 1. The molecule has 1 amide bonds. The maximum Gasteiger partial charge on any atom is 0.261 e. The fourth-order valence-corrected chi connectivity index (χ4v) is 1.54. The summed E-state index contributed by atoms with van der Waals surface area (Å²) < 4.78 is 0. The molecule has 0 unspecified atom stereocenters. The van der Waals surface area contributed by atoms with E-state index in [4.69, 9.17) is 11.0 Å². The molecule has 0 aromatic heterocycles. The second-order valence-electron chi connectivity index (χ2n) is 3.18. The number of nitriles is 1. The van der Waals surface area contributed by atoms with Gasteiger partial charge in [0.2, 0.25) is 0 Å². The van der Waals surface area contributed by atoms with Crippen molar-refractivity contribution in [2.45, 2.75) is 19.3 Å². The summed E-state index contributed by atoms with van der Waals surface area (Å²) in [7, 11) is 1.88. The Morgan fingerprint density at radius 1 is 1.62 bits per heavy atom. The summed E-state index contributed by atoms with van der Waals surface area (Å²) in [6.07, 6.45) is 2.91. The number of allylic oxidation sites excluding steroid dienone is 1. The number of hydrogen-bond acceptors (Lipinski definition) is 3. The second-order valence-corrected chi connectivity index (χ2v) is 3.18. The quantitative estimate of drug-likeness (QED) is 0.467. The molecule has 1 saturated heterocycles. The van der Waals surface area contributed by atoms with Crippen LogP contribution in [0.25, 0.3) is 0 Å². The van der Waals surface area contributed by atoms with Crippen molar-refractivity contribution in [3.63, 3.8) is 0 Å². The maximum absolute atomic E-state index is 10.9. The van der Waals surface area contributed by atoms with Crippen molar-refractivity contribution >= 4 is 5.91 Å². The summed E-state index contributed by atoms with van der Waals surface area (Å²) in [5.41, 5.74) is 6.00. The van der Waals surface area contributed by atoms with Crippen LogP contribution in [-0.2, 0) is 4.79 Å². The van der Waals surface area contributed by atoms with Crippen molar-refractivity contribution in [1.29, 1.82) is 5.26 Å². The van der Waals surface area contributed by atoms with Crippen LogP contribution < -0.4 is 5.73 Å². The second kappa shape index (κ2) is 3.94. The van der Waals surface area contributed by atoms with Gasteiger partial charge in [-0.15, -0.1) is 0 Å². The smallest absolute Gasteiger partial charge is 0.261 e. The first-order valence-corrected chi connectivity index (χ1v) is 4.31. The molecule has 13 heavy (non-hydrogen) atoms. The summed E-state index contributed by atoms with van der Waals surface area (Å²) in [4.78, 5) is 12.8. The van der Waals surface area contributed by atoms with Crippen molar-refractivity contribution < 1.29 is 4.79 Å². The largest absolute Gasteiger partial charge is 0.377 e. The number of carbonyl (C=O) groups is 1. The summed E-state index contributed by atoms with van der Waals surface area (Å²) >= 11 is 0. The number of nitrogens with zero attached hydrogens (tertiary/aromatic N) is 2. The van der Waals surface area contributed by atoms with Crippen LogP contribution in [0.15, 0.2) is 11.3 Å². The molecule has 4 heteroatoms. The van der Waals surface area contributed by atoms with Crippen LogP contribution in [0, 0.1) is 11.3 Å². The first-order valence-electron chi connectivity index (χ1n) is 4.31. The van der Waals surface area contributed by atoms with Gasteiger partial charge < -0.3 is 10.6 Å². The lowest BCUT2D eigenvalue weighted by Crippen LogP contribution is -2.28. The van der Waals surface area contributed by atoms with E-state index in [1.165, 1.54) is 0 Å². The Kier molecular flexibility index (Phi) is 2.91. The molecular formula is C9H13N3O. The van der Waals surface area contributed by atoms with E-state index in [1.807, 2.05) is 18.0 Å². The summed E-state index contributed by atoms with van der Waals surface area (Å²) in [6.45, 7) is 0.897. The fourth-order valence-electron chi connectivity index (χ4n) is 1.54. The standard InChI is InChI=1S/C9H13N3O/c1-12-5-3-2-4-8(12)7(6-10)9(11)13/h2-5H2,1H3,(H2,11,13)/b8-7+. The van der Waals surface area contributed by atoms with E-state index in [-0.39, 0.29) is 5.57 Å². The predicted molar refractivity (Wildman–Crippen MR) is 48.3 cm³/mol. The molecule has 0 atom stereocenters. The Morgan fingerprint density at radius 2 is 2.31 bits per heavy atom. The van der Waals surface area contributed by atoms with Crippen LogP contribution in [0.5, 0.6) is 0 Å². The molecule has 4 nitrogen and oxygen atoms in total. The molecule has 0 aromatic rings. The highest BCUT2D eigenvalue weighted by Crippen LogP contribution is 2.21. The van der Waals surface area contributed by atoms with Gasteiger partial charge in [-0.2, -0.15) is 5.26 Å². The fraction of sp³-hybridized carbons (Fsp3) is 0.556. The molecule has 70 valence electrons. The molecule has 0 saturated carbocycles. The van der Waals surface area contributed by atoms with E-state index in [1.54, 1.807) is 0 Å². The first kappa shape index (κ1) is 9.59. The van der Waals surface area contributed by atoms with Gasteiger partial charge >= 0.3 is 0 Å². The third kappa shape index (κ3) is 2.00. The Morgan fingerprint density at radius 3 is 2.77 bits per heavy atom. The molecule has 1 heterocycles. The maximum atomic E-state index is 10.9. The molecule has 0 aromatic carbocycles. The lowest BCUT2D eigenvalue weighted by Gasteiger charge is -2.27. The molecule has 0 aliphatic carbocycles. The van der Waals surface area contributed by atoms with Gasteiger partial charge in [0.1, 0.15) is 11.6 Å². The van der Waals surface area contributed by atoms with Gasteiger partial charge in [-0.05, 0) is 19.3 Å². The van der Waals surface area contributed by atoms with Crippen LogP contribution in [0.1, 0.15) is 19.3 Å². The first-order chi connectivity index (χ1) is 6.16. The zero-order valence-corrected chi connectivity index (χ0v) is 7.71. The number of rotatable bonds is 1. The molecule has 0 spiro atoms. The average molecular weight is 179 g/mol. The van der Waals surface area contributed by atoms with Crippen molar-refractivity contribution in [1.82, 2.24) is 4.90 Å². The number of hydrogen-bond donors (Lipinski definition) is 1. The van der Waals surface area contributed by atoms with Crippen molar-refractivity contribution in [3.05, 3.63) is 11.3 Å². The van der Waals surface area contributed by atoms with E-state index in [9.17, 15) is 4.79 Å². The Balaban J connectivity index is 2.98. The zero-order valence-electron chi connectivity index (χ0n) is 7.71. The van der Waals surface area contributed by atoms with Gasteiger partial charge in [0.15, 0.2) is 0 Å². The van der Waals surface area contributed by atoms with Crippen molar-refractivity contribution in [3.8, 4) is 6.07 Å². The van der Waals surface area contributed by atoms with E-state index >= 15 is 0 Å². The number of piperidine rings is 1. The number of carbonyl (C=O) groups excluding carboxylic acids is 1. The summed E-state index contributed by atoms with van der Waals surface area (Å²) in [5, 5.41) is 8.73. The SMILES string of the molecule is CN1CCCC/C1=C(/C#N)C(N)=O. The van der Waals surface area contributed by atoms with Crippen molar-refractivity contribution in [2.75, 3.05) is 13.6 Å². The monoisotopic (exact) mass is 179 g/mol. The zero-order chi connectivity index (χ0) is 9.84. The minimum Gasteiger partial charge on any atom is -0.377 e. The molecule has 1 rings (SSSR count). The van der Waals surface area contributed by atoms with Gasteiger partial charge in [0.05, 0.1) is 0 Å². The Labute approximate surface area is 77.6 Å². The van der Waals surface area contributed by atoms with Gasteiger partial charge in [-0.1, -0.05) is 0 Å². The van der Waals surface area contributed by atoms with Crippen LogP contribution >= 0.6 is 0 Å². The number of nitrogens with two attached hydrogens (primary N) is 1. The van der Waals surface area contributed by atoms with Crippen LogP contribution in [0.2, 0.25) is 0 Å². The lowest BCUT2D eigenvalue weighted by molar-refractivity contribution is -0.114. The third-order valence-corrected chi connectivity index (χ3v) is 2.26. The van der Waals surface area contributed by atoms with E-state index < -0.39 is 5.91 Å². The molecule has 2 N–H and O–H groups in total. The molecule has 1 aliphatic rings. The highest BCUT2D eigenvalue weighted by Gasteiger charge is 2.18. The number of likely N-dealkylation sites (tertiary alicyclic amines) is 1. The molecular weight excluding hydrogens is 166 g/mol. The highest BCUT2D eigenvalue weighted by atomic mass is 16.1. The number of amides is 1. The average Bonchev–Trinajstić information content (AvgIpc) is 2.09. The van der Waals surface area contributed by atoms with E-state index in [0.717, 1.165) is 31.5 Å². The minimum atomic E-state index is -0.619. The lowest BCUT2D eigenvalue weighted by atomic mass is 10.0. The minimum absolute atomic E-state index is 0.113. The molecule has 1 aliphatic heterocycles. The Bertz CT molecular complexity index is 288. The topological polar surface area (TPSA) is 70.1 Å². The molecule has 0 bridgehead atoms. The predicted octanol–water partition coefficient (Wildman–Crippen LogP) is 0.365. The molecule has 0 radical (unpaired) electrons. The summed E-state index contributed by atoms with van der Waals surface area (Å²) in [6, 6.07) is 1.87. The van der Waals surface area contributed by atoms with Crippen molar-refractivity contribution in [2.24, 2.45) is 5.73 Å². The van der Waals surface area contributed by atoms with E-state index in [2.05, 4.69) is 0 Å². The van der Waals surface area contributed by atoms with Gasteiger partial charge in [0.25, 0.3) is 5.91 Å². The third-order valence-electron chi connectivity index (χ3n) is 2.26. The normalized spacial score (nSPS) is 20.8. The van der Waals surface area contributed by atoms with Gasteiger partial charge in [0, 0.05) is 19.3 Å². The van der Waals surface area contributed by atoms with E-state index in [0.29, 0.717) is 0 Å². The molecule has 1 fully saturated rings. The van der Waals surface area contributed by atoms with Crippen LogP contribution in [0.3, 0.4) is 0 Å². The highest BCUT2D eigenvalue weighted by molar-refractivity contribution is 5.96. The van der Waals surface area contributed by atoms with Gasteiger partial charge in [-0.25, -0.2) is 0 Å². The van der Waals surface area contributed by atoms with Gasteiger partial charge in [-0.3, -0.25) is 4.79 Å². The Hall–Kier alpha value is -1.50. The van der Waals surface area contributed by atoms with Crippen LogP contribution in [-0.4, -0.2) is 24.4 Å². The summed E-state index contributed by atoms with van der Waals surface area (Å²) in [5.74, 6) is -0.619.